The lowest BCUT2D eigenvalue weighted by Gasteiger charge is -2.47. The highest BCUT2D eigenvalue weighted by Gasteiger charge is 2.48. The molecule has 26 heavy (non-hydrogen) atoms. The summed E-state index contributed by atoms with van der Waals surface area (Å²) in [6.07, 6.45) is 5.08. The summed E-state index contributed by atoms with van der Waals surface area (Å²) in [6.45, 7) is 4.25. The van der Waals surface area contributed by atoms with Gasteiger partial charge < -0.3 is 10.1 Å². The summed E-state index contributed by atoms with van der Waals surface area (Å²) in [6, 6.07) is -0.161. The van der Waals surface area contributed by atoms with Crippen molar-refractivity contribution in [2.75, 3.05) is 11.9 Å². The highest BCUT2D eigenvalue weighted by atomic mass is 35.5. The van der Waals surface area contributed by atoms with E-state index in [0.717, 1.165) is 32.1 Å². The van der Waals surface area contributed by atoms with Gasteiger partial charge in [0.05, 0.1) is 18.2 Å². The topological polar surface area (TPSA) is 64.1 Å². The van der Waals surface area contributed by atoms with Gasteiger partial charge in [-0.15, -0.1) is 0 Å². The molecule has 0 saturated heterocycles. The number of fused-ring (bicyclic) bond motifs is 3. The van der Waals surface area contributed by atoms with Gasteiger partial charge in [0.25, 0.3) is 0 Å². The Bertz CT molecular complexity index is 708. The number of esters is 1. The lowest BCUT2D eigenvalue weighted by Crippen LogP contribution is -2.52. The molecule has 5 rings (SSSR count). The van der Waals surface area contributed by atoms with E-state index in [-0.39, 0.29) is 34.9 Å². The van der Waals surface area contributed by atoms with Crippen LogP contribution in [0.1, 0.15) is 57.6 Å². The molecule has 4 aliphatic carbocycles. The third-order valence-corrected chi connectivity index (χ3v) is 6.56. The second kappa shape index (κ2) is 6.95. The van der Waals surface area contributed by atoms with E-state index >= 15 is 4.39 Å². The predicted octanol–water partition coefficient (Wildman–Crippen LogP) is 4.17. The quantitative estimate of drug-likeness (QED) is 0.612. The van der Waals surface area contributed by atoms with Gasteiger partial charge in [0.1, 0.15) is 0 Å². The highest BCUT2D eigenvalue weighted by Crippen LogP contribution is 2.49. The number of rotatable bonds is 5. The molecule has 0 spiro atoms. The first-order chi connectivity index (χ1) is 12.5. The Morgan fingerprint density at radius 1 is 1.27 bits per heavy atom. The molecule has 0 radical (unpaired) electrons. The van der Waals surface area contributed by atoms with Crippen LogP contribution in [0.5, 0.6) is 0 Å². The Labute approximate surface area is 158 Å². The number of hydrogen-bond donors (Lipinski definition) is 1. The fraction of sp³-hybridized carbons (Fsp3) is 0.737. The van der Waals surface area contributed by atoms with Crippen molar-refractivity contribution in [1.29, 1.82) is 0 Å². The Morgan fingerprint density at radius 3 is 2.54 bits per heavy atom. The van der Waals surface area contributed by atoms with Crippen molar-refractivity contribution in [2.24, 2.45) is 23.7 Å². The van der Waals surface area contributed by atoms with Crippen molar-refractivity contribution >= 4 is 23.4 Å². The number of nitrogens with one attached hydrogen (secondary N) is 1. The Kier molecular flexibility index (Phi) is 4.80. The SMILES string of the molecule is CCOC(=O)[C@H]1C2CCC(CC2)[C@@H]1Nc1nc(Cl)nc(C2C[C@@H]2C)c1F. The fourth-order valence-corrected chi connectivity index (χ4v) is 5.05. The van der Waals surface area contributed by atoms with Crippen LogP contribution >= 0.6 is 11.6 Å². The van der Waals surface area contributed by atoms with Gasteiger partial charge in [-0.3, -0.25) is 4.79 Å². The number of carbonyl (C=O) groups is 1. The molecular weight excluding hydrogens is 357 g/mol. The zero-order chi connectivity index (χ0) is 18.4. The van der Waals surface area contributed by atoms with Crippen LogP contribution in [-0.2, 0) is 9.53 Å². The smallest absolute Gasteiger partial charge is 0.311 e. The van der Waals surface area contributed by atoms with E-state index in [9.17, 15) is 4.79 Å². The summed E-state index contributed by atoms with van der Waals surface area (Å²) in [7, 11) is 0. The average Bonchev–Trinajstić information content (AvgIpc) is 3.35. The second-order valence-corrected chi connectivity index (χ2v) is 8.32. The number of hydrogen-bond acceptors (Lipinski definition) is 5. The molecule has 7 heteroatoms. The van der Waals surface area contributed by atoms with E-state index < -0.39 is 5.82 Å². The summed E-state index contributed by atoms with van der Waals surface area (Å²) in [4.78, 5) is 20.8. The molecule has 2 bridgehead atoms. The lowest BCUT2D eigenvalue weighted by molar-refractivity contribution is -0.154. The van der Waals surface area contributed by atoms with E-state index in [1.165, 1.54) is 0 Å². The predicted molar refractivity (Wildman–Crippen MR) is 96.5 cm³/mol. The van der Waals surface area contributed by atoms with Crippen molar-refractivity contribution in [2.45, 2.75) is 57.9 Å². The van der Waals surface area contributed by atoms with E-state index in [2.05, 4.69) is 22.2 Å². The number of aromatic nitrogens is 2. The first-order valence-electron chi connectivity index (χ1n) is 9.65. The molecule has 1 N–H and O–H groups in total. The molecule has 0 aromatic carbocycles. The molecule has 5 nitrogen and oxygen atoms in total. The summed E-state index contributed by atoms with van der Waals surface area (Å²) in [5.74, 6) is 0.417. The van der Waals surface area contributed by atoms with E-state index in [0.29, 0.717) is 30.1 Å². The monoisotopic (exact) mass is 381 g/mol. The van der Waals surface area contributed by atoms with Crippen LogP contribution in [0.3, 0.4) is 0 Å². The second-order valence-electron chi connectivity index (χ2n) is 7.98. The van der Waals surface area contributed by atoms with E-state index in [1.54, 1.807) is 0 Å². The van der Waals surface area contributed by atoms with Gasteiger partial charge in [0.2, 0.25) is 5.28 Å². The molecule has 1 aromatic heterocycles. The first-order valence-corrected chi connectivity index (χ1v) is 10.0. The molecule has 4 aliphatic rings. The normalized spacial score (nSPS) is 35.2. The van der Waals surface area contributed by atoms with Crippen LogP contribution in [-0.4, -0.2) is 28.6 Å². The van der Waals surface area contributed by atoms with E-state index in [4.69, 9.17) is 16.3 Å². The Morgan fingerprint density at radius 2 is 1.92 bits per heavy atom. The highest BCUT2D eigenvalue weighted by molar-refractivity contribution is 6.28. The van der Waals surface area contributed by atoms with Crippen LogP contribution in [0.25, 0.3) is 0 Å². The third-order valence-electron chi connectivity index (χ3n) is 6.39. The largest absolute Gasteiger partial charge is 0.466 e. The summed E-state index contributed by atoms with van der Waals surface area (Å²) in [5, 5.41) is 3.29. The van der Waals surface area contributed by atoms with Crippen molar-refractivity contribution in [1.82, 2.24) is 9.97 Å². The minimum Gasteiger partial charge on any atom is -0.466 e. The van der Waals surface area contributed by atoms with Crippen LogP contribution in [0, 0.1) is 29.5 Å². The molecule has 4 saturated carbocycles. The van der Waals surface area contributed by atoms with Gasteiger partial charge in [-0.25, -0.2) is 9.37 Å². The number of halogens is 2. The minimum atomic E-state index is -0.423. The molecule has 4 atom stereocenters. The van der Waals surface area contributed by atoms with Gasteiger partial charge >= 0.3 is 5.97 Å². The molecule has 0 aliphatic heterocycles. The van der Waals surface area contributed by atoms with E-state index in [1.807, 2.05) is 6.92 Å². The zero-order valence-corrected chi connectivity index (χ0v) is 15.9. The molecule has 4 fully saturated rings. The lowest BCUT2D eigenvalue weighted by atomic mass is 9.61. The van der Waals surface area contributed by atoms with Gasteiger partial charge in [-0.05, 0) is 68.4 Å². The zero-order valence-electron chi connectivity index (χ0n) is 15.2. The minimum absolute atomic E-state index is 0.0525. The summed E-state index contributed by atoms with van der Waals surface area (Å²) in [5.41, 5.74) is 0.397. The molecule has 0 amide bonds. The first kappa shape index (κ1) is 18.0. The average molecular weight is 382 g/mol. The number of nitrogens with zero attached hydrogens (tertiary/aromatic N) is 2. The molecule has 1 aromatic rings. The molecule has 1 unspecified atom stereocenters. The maximum absolute atomic E-state index is 15.0. The Balaban J connectivity index is 1.62. The number of ether oxygens (including phenoxy) is 1. The van der Waals surface area contributed by atoms with Crippen LogP contribution in [0.2, 0.25) is 5.28 Å². The summed E-state index contributed by atoms with van der Waals surface area (Å²) < 4.78 is 20.3. The van der Waals surface area contributed by atoms with Crippen LogP contribution in [0.15, 0.2) is 0 Å². The van der Waals surface area contributed by atoms with Gasteiger partial charge in [0, 0.05) is 12.0 Å². The van der Waals surface area contributed by atoms with Crippen LogP contribution < -0.4 is 5.32 Å². The van der Waals surface area contributed by atoms with Crippen molar-refractivity contribution in [3.63, 3.8) is 0 Å². The third kappa shape index (κ3) is 3.17. The fourth-order valence-electron chi connectivity index (χ4n) is 4.87. The molecule has 142 valence electrons. The van der Waals surface area contributed by atoms with Gasteiger partial charge in [0.15, 0.2) is 11.6 Å². The Hall–Kier alpha value is -1.43. The summed E-state index contributed by atoms with van der Waals surface area (Å²) >= 11 is 6.07. The van der Waals surface area contributed by atoms with Gasteiger partial charge in [-0.2, -0.15) is 4.98 Å². The molecule has 1 heterocycles. The number of anilines is 1. The van der Waals surface area contributed by atoms with Crippen molar-refractivity contribution in [3.8, 4) is 0 Å². The molecular formula is C19H25ClFN3O2. The number of carbonyl (C=O) groups excluding carboxylic acids is 1. The van der Waals surface area contributed by atoms with Crippen molar-refractivity contribution < 1.29 is 13.9 Å². The van der Waals surface area contributed by atoms with Gasteiger partial charge in [-0.1, -0.05) is 6.92 Å². The van der Waals surface area contributed by atoms with Crippen molar-refractivity contribution in [3.05, 3.63) is 16.8 Å². The maximum Gasteiger partial charge on any atom is 0.311 e. The maximum atomic E-state index is 15.0. The van der Waals surface area contributed by atoms with Crippen LogP contribution in [0.4, 0.5) is 10.2 Å². The standard InChI is InChI=1S/C19H25ClFN3O2/c1-3-26-18(25)13-10-4-6-11(7-5-10)15(13)22-17-14(21)16(12-8-9(12)2)23-19(20)24-17/h9-13,15H,3-8H2,1-2H3,(H,22,23,24)/t9-,10?,11?,12?,13-,15-/m0/s1.